The number of para-hydroxylation sites is 1. The summed E-state index contributed by atoms with van der Waals surface area (Å²) in [6, 6.07) is 17.5. The van der Waals surface area contributed by atoms with Gasteiger partial charge in [0.05, 0.1) is 0 Å². The highest BCUT2D eigenvalue weighted by Crippen LogP contribution is 2.27. The van der Waals surface area contributed by atoms with Gasteiger partial charge in [-0.2, -0.15) is 0 Å². The molecule has 0 bridgehead atoms. The maximum atomic E-state index is 5.66. The van der Waals surface area contributed by atoms with Crippen molar-refractivity contribution in [3.63, 3.8) is 0 Å². The summed E-state index contributed by atoms with van der Waals surface area (Å²) in [6.45, 7) is 2.75. The molecule has 2 nitrogen and oxygen atoms in total. The van der Waals surface area contributed by atoms with Crippen molar-refractivity contribution < 1.29 is 0 Å². The lowest BCUT2D eigenvalue weighted by Crippen LogP contribution is -2.23. The van der Waals surface area contributed by atoms with Crippen molar-refractivity contribution >= 4 is 5.69 Å². The SMILES string of the molecule is NCc1ccc(CN2CCCCc3ccccc32)cc1. The predicted molar refractivity (Wildman–Crippen MR) is 84.8 cm³/mol. The van der Waals surface area contributed by atoms with Crippen LogP contribution in [0.2, 0.25) is 0 Å². The van der Waals surface area contributed by atoms with E-state index in [1.165, 1.54) is 41.6 Å². The average molecular weight is 266 g/mol. The Kier molecular flexibility index (Phi) is 4.03. The minimum atomic E-state index is 0.618. The van der Waals surface area contributed by atoms with Gasteiger partial charge in [-0.1, -0.05) is 42.5 Å². The number of rotatable bonds is 3. The van der Waals surface area contributed by atoms with Crippen molar-refractivity contribution in [3.05, 3.63) is 65.2 Å². The molecule has 1 aliphatic heterocycles. The third kappa shape index (κ3) is 2.86. The number of hydrogen-bond acceptors (Lipinski definition) is 2. The fourth-order valence-electron chi connectivity index (χ4n) is 2.93. The van der Waals surface area contributed by atoms with Crippen LogP contribution in [0, 0.1) is 0 Å². The van der Waals surface area contributed by atoms with Crippen LogP contribution in [0.3, 0.4) is 0 Å². The molecule has 2 aromatic carbocycles. The van der Waals surface area contributed by atoms with Gasteiger partial charge in [-0.25, -0.2) is 0 Å². The van der Waals surface area contributed by atoms with Crippen LogP contribution in [0.1, 0.15) is 29.5 Å². The molecule has 0 amide bonds. The zero-order chi connectivity index (χ0) is 13.8. The minimum absolute atomic E-state index is 0.618. The Balaban J connectivity index is 1.82. The van der Waals surface area contributed by atoms with Crippen LogP contribution in [0.5, 0.6) is 0 Å². The molecule has 2 heteroatoms. The van der Waals surface area contributed by atoms with Gasteiger partial charge in [0, 0.05) is 25.3 Å². The monoisotopic (exact) mass is 266 g/mol. The van der Waals surface area contributed by atoms with Crippen LogP contribution in [0.25, 0.3) is 0 Å². The van der Waals surface area contributed by atoms with E-state index < -0.39 is 0 Å². The van der Waals surface area contributed by atoms with Crippen LogP contribution in [-0.2, 0) is 19.5 Å². The van der Waals surface area contributed by atoms with Gasteiger partial charge in [0.15, 0.2) is 0 Å². The van der Waals surface area contributed by atoms with Crippen molar-refractivity contribution in [3.8, 4) is 0 Å². The second kappa shape index (κ2) is 6.10. The highest BCUT2D eigenvalue weighted by atomic mass is 15.1. The molecule has 0 unspecified atom stereocenters. The van der Waals surface area contributed by atoms with Gasteiger partial charge in [0.2, 0.25) is 0 Å². The normalized spacial score (nSPS) is 14.8. The lowest BCUT2D eigenvalue weighted by Gasteiger charge is -2.25. The number of fused-ring (bicyclic) bond motifs is 1. The summed E-state index contributed by atoms with van der Waals surface area (Å²) in [4.78, 5) is 2.51. The first kappa shape index (κ1) is 13.2. The number of nitrogens with zero attached hydrogens (tertiary/aromatic N) is 1. The summed E-state index contributed by atoms with van der Waals surface area (Å²) in [5.74, 6) is 0. The second-order valence-corrected chi connectivity index (χ2v) is 5.53. The van der Waals surface area contributed by atoms with Crippen molar-refractivity contribution in [1.82, 2.24) is 0 Å². The summed E-state index contributed by atoms with van der Waals surface area (Å²) in [5, 5.41) is 0. The van der Waals surface area contributed by atoms with E-state index in [0.717, 1.165) is 13.1 Å². The van der Waals surface area contributed by atoms with Gasteiger partial charge < -0.3 is 10.6 Å². The van der Waals surface area contributed by atoms with E-state index in [4.69, 9.17) is 5.73 Å². The molecule has 3 rings (SSSR count). The molecule has 0 aliphatic carbocycles. The van der Waals surface area contributed by atoms with Crippen LogP contribution in [0.4, 0.5) is 5.69 Å². The minimum Gasteiger partial charge on any atom is -0.367 e. The average Bonchev–Trinajstić information content (AvgIpc) is 2.71. The highest BCUT2D eigenvalue weighted by Gasteiger charge is 2.14. The number of nitrogens with two attached hydrogens (primary N) is 1. The Hall–Kier alpha value is -1.80. The molecule has 0 radical (unpaired) electrons. The molecule has 2 N–H and O–H groups in total. The quantitative estimate of drug-likeness (QED) is 0.921. The molecule has 1 aliphatic rings. The summed E-state index contributed by atoms with van der Waals surface area (Å²) < 4.78 is 0. The molecule has 104 valence electrons. The van der Waals surface area contributed by atoms with Crippen LogP contribution >= 0.6 is 0 Å². The second-order valence-electron chi connectivity index (χ2n) is 5.53. The zero-order valence-corrected chi connectivity index (χ0v) is 11.9. The molecule has 1 heterocycles. The summed E-state index contributed by atoms with van der Waals surface area (Å²) >= 11 is 0. The molecule has 0 saturated heterocycles. The summed E-state index contributed by atoms with van der Waals surface area (Å²) in [7, 11) is 0. The summed E-state index contributed by atoms with van der Waals surface area (Å²) in [6.07, 6.45) is 3.77. The van der Waals surface area contributed by atoms with Crippen LogP contribution in [-0.4, -0.2) is 6.54 Å². The molecular weight excluding hydrogens is 244 g/mol. The Bertz CT molecular complexity index is 560. The fraction of sp³-hybridized carbons (Fsp3) is 0.333. The number of aryl methyl sites for hydroxylation is 1. The molecule has 0 spiro atoms. The number of hydrogen-bond donors (Lipinski definition) is 1. The molecule has 20 heavy (non-hydrogen) atoms. The number of anilines is 1. The topological polar surface area (TPSA) is 29.3 Å². The standard InChI is InChI=1S/C18H22N2/c19-13-15-8-10-16(11-9-15)14-20-12-4-3-6-17-5-1-2-7-18(17)20/h1-2,5,7-11H,3-4,6,12-14,19H2. The first-order valence-electron chi connectivity index (χ1n) is 7.47. The first-order valence-corrected chi connectivity index (χ1v) is 7.47. The lowest BCUT2D eigenvalue weighted by atomic mass is 10.1. The molecule has 0 atom stereocenters. The fourth-order valence-corrected chi connectivity index (χ4v) is 2.93. The largest absolute Gasteiger partial charge is 0.367 e. The number of benzene rings is 2. The van der Waals surface area contributed by atoms with E-state index in [9.17, 15) is 0 Å². The highest BCUT2D eigenvalue weighted by molar-refractivity contribution is 5.54. The molecule has 0 fully saturated rings. The van der Waals surface area contributed by atoms with E-state index in [0.29, 0.717) is 6.54 Å². The molecule has 0 aromatic heterocycles. The van der Waals surface area contributed by atoms with Gasteiger partial charge in [-0.15, -0.1) is 0 Å². The van der Waals surface area contributed by atoms with E-state index in [2.05, 4.69) is 53.4 Å². The Morgan fingerprint density at radius 2 is 1.65 bits per heavy atom. The van der Waals surface area contributed by atoms with E-state index >= 15 is 0 Å². The zero-order valence-electron chi connectivity index (χ0n) is 11.9. The maximum absolute atomic E-state index is 5.66. The van der Waals surface area contributed by atoms with Crippen LogP contribution < -0.4 is 10.6 Å². The third-order valence-corrected chi connectivity index (χ3v) is 4.09. The van der Waals surface area contributed by atoms with Gasteiger partial charge in [0.1, 0.15) is 0 Å². The molecule has 2 aromatic rings. The molecule has 0 saturated carbocycles. The maximum Gasteiger partial charge on any atom is 0.0429 e. The van der Waals surface area contributed by atoms with Crippen molar-refractivity contribution in [1.29, 1.82) is 0 Å². The Labute approximate surface area is 121 Å². The summed E-state index contributed by atoms with van der Waals surface area (Å²) in [5.41, 5.74) is 11.1. The van der Waals surface area contributed by atoms with E-state index in [1.807, 2.05) is 0 Å². The van der Waals surface area contributed by atoms with Gasteiger partial charge in [-0.05, 0) is 42.0 Å². The van der Waals surface area contributed by atoms with Crippen molar-refractivity contribution in [2.75, 3.05) is 11.4 Å². The smallest absolute Gasteiger partial charge is 0.0429 e. The van der Waals surface area contributed by atoms with Gasteiger partial charge in [0.25, 0.3) is 0 Å². The van der Waals surface area contributed by atoms with Gasteiger partial charge >= 0.3 is 0 Å². The first-order chi connectivity index (χ1) is 9.86. The van der Waals surface area contributed by atoms with Crippen molar-refractivity contribution in [2.24, 2.45) is 5.73 Å². The van der Waals surface area contributed by atoms with Crippen molar-refractivity contribution in [2.45, 2.75) is 32.4 Å². The van der Waals surface area contributed by atoms with Gasteiger partial charge in [-0.3, -0.25) is 0 Å². The van der Waals surface area contributed by atoms with E-state index in [1.54, 1.807) is 0 Å². The third-order valence-electron chi connectivity index (χ3n) is 4.09. The van der Waals surface area contributed by atoms with Crippen LogP contribution in [0.15, 0.2) is 48.5 Å². The van der Waals surface area contributed by atoms with E-state index in [-0.39, 0.29) is 0 Å². The predicted octanol–water partition coefficient (Wildman–Crippen LogP) is 3.49. The molecular formula is C18H22N2. The Morgan fingerprint density at radius 3 is 2.45 bits per heavy atom. The lowest BCUT2D eigenvalue weighted by molar-refractivity contribution is 0.714. The Morgan fingerprint density at radius 1 is 0.900 bits per heavy atom.